The Bertz CT molecular complexity index is 1250. The van der Waals surface area contributed by atoms with Gasteiger partial charge in [-0.15, -0.1) is 0 Å². The highest BCUT2D eigenvalue weighted by molar-refractivity contribution is 5.92. The second-order valence-electron chi connectivity index (χ2n) is 9.50. The molecule has 0 heterocycles. The molecule has 3 aromatic carbocycles. The molecule has 0 saturated heterocycles. The predicted molar refractivity (Wildman–Crippen MR) is 156 cm³/mol. The van der Waals surface area contributed by atoms with E-state index in [2.05, 4.69) is 10.3 Å². The van der Waals surface area contributed by atoms with Gasteiger partial charge >= 0.3 is 6.03 Å². The van der Waals surface area contributed by atoms with Gasteiger partial charge in [-0.3, -0.25) is 14.6 Å². The van der Waals surface area contributed by atoms with Gasteiger partial charge in [0.25, 0.3) is 0 Å². The maximum atomic E-state index is 14.6. The Kier molecular flexibility index (Phi) is 10.6. The average molecular weight is 544 g/mol. The van der Waals surface area contributed by atoms with Gasteiger partial charge in [0.05, 0.1) is 12.0 Å². The standard InChI is InChI=1S/C30H37N7O3/c1-20(22-16-14-21(15-17-22)19-36-30(34)40)37(25(27(31)38)13-8-18-35-29(32)33)28(39)26(23-9-4-2-5-10-23)24-11-6-3-7-12-24/h2-7,9-12,14-17,20,25-26H,8,13,18-19H2,1H3,(H2,31,38)(H4,32,33,35)(H3,34,36,40)/t20-,25-/m1/s1. The summed E-state index contributed by atoms with van der Waals surface area (Å²) in [7, 11) is 0. The van der Waals surface area contributed by atoms with Crippen LogP contribution in [0.25, 0.3) is 0 Å². The van der Waals surface area contributed by atoms with Crippen LogP contribution in [0.4, 0.5) is 4.79 Å². The number of nitrogens with two attached hydrogens (primary N) is 4. The highest BCUT2D eigenvalue weighted by Gasteiger charge is 2.37. The summed E-state index contributed by atoms with van der Waals surface area (Å²) >= 11 is 0. The monoisotopic (exact) mass is 543 g/mol. The molecule has 9 N–H and O–H groups in total. The lowest BCUT2D eigenvalue weighted by molar-refractivity contribution is -0.142. The molecule has 4 amide bonds. The van der Waals surface area contributed by atoms with Crippen molar-refractivity contribution in [3.63, 3.8) is 0 Å². The lowest BCUT2D eigenvalue weighted by atomic mass is 9.88. The van der Waals surface area contributed by atoms with Crippen molar-refractivity contribution in [3.8, 4) is 0 Å². The van der Waals surface area contributed by atoms with Crippen molar-refractivity contribution in [2.24, 2.45) is 27.9 Å². The molecule has 10 nitrogen and oxygen atoms in total. The predicted octanol–water partition coefficient (Wildman–Crippen LogP) is 2.48. The molecule has 2 atom stereocenters. The number of amides is 4. The minimum Gasteiger partial charge on any atom is -0.370 e. The quantitative estimate of drug-likeness (QED) is 0.126. The van der Waals surface area contributed by atoms with Gasteiger partial charge in [0.15, 0.2) is 5.96 Å². The molecular weight excluding hydrogens is 506 g/mol. The maximum Gasteiger partial charge on any atom is 0.312 e. The van der Waals surface area contributed by atoms with Crippen LogP contribution in [-0.4, -0.2) is 41.3 Å². The molecule has 0 aliphatic rings. The van der Waals surface area contributed by atoms with E-state index >= 15 is 0 Å². The number of rotatable bonds is 13. The Hall–Kier alpha value is -4.86. The van der Waals surface area contributed by atoms with Gasteiger partial charge in [-0.05, 0) is 42.0 Å². The van der Waals surface area contributed by atoms with Gasteiger partial charge in [-0.1, -0.05) is 84.9 Å². The van der Waals surface area contributed by atoms with Crippen LogP contribution in [0, 0.1) is 0 Å². The van der Waals surface area contributed by atoms with Crippen LogP contribution in [0.15, 0.2) is 89.9 Å². The number of benzene rings is 3. The number of aliphatic imine (C=N–C) groups is 1. The van der Waals surface area contributed by atoms with Gasteiger partial charge in [0.2, 0.25) is 11.8 Å². The van der Waals surface area contributed by atoms with Crippen molar-refractivity contribution >= 4 is 23.8 Å². The first-order chi connectivity index (χ1) is 19.2. The number of urea groups is 1. The number of primary amides is 2. The van der Waals surface area contributed by atoms with Crippen molar-refractivity contribution < 1.29 is 14.4 Å². The van der Waals surface area contributed by atoms with Crippen LogP contribution in [0.1, 0.15) is 54.0 Å². The fourth-order valence-electron chi connectivity index (χ4n) is 4.71. The molecular formula is C30H37N7O3. The van der Waals surface area contributed by atoms with E-state index in [4.69, 9.17) is 22.9 Å². The Labute approximate surface area is 234 Å². The van der Waals surface area contributed by atoms with E-state index in [-0.39, 0.29) is 24.8 Å². The lowest BCUT2D eigenvalue weighted by Crippen LogP contribution is -2.50. The maximum absolute atomic E-state index is 14.6. The first kappa shape index (κ1) is 29.7. The summed E-state index contributed by atoms with van der Waals surface area (Å²) in [5, 5.41) is 2.56. The van der Waals surface area contributed by atoms with Gasteiger partial charge in [0.1, 0.15) is 6.04 Å². The number of nitrogens with zero attached hydrogens (tertiary/aromatic N) is 2. The summed E-state index contributed by atoms with van der Waals surface area (Å²) < 4.78 is 0. The van der Waals surface area contributed by atoms with Crippen molar-refractivity contribution in [3.05, 3.63) is 107 Å². The number of guanidine groups is 1. The fourth-order valence-corrected chi connectivity index (χ4v) is 4.71. The molecule has 0 aliphatic heterocycles. The van der Waals surface area contributed by atoms with E-state index in [1.807, 2.05) is 91.9 Å². The van der Waals surface area contributed by atoms with Crippen LogP contribution in [0.3, 0.4) is 0 Å². The molecule has 0 bridgehead atoms. The minimum absolute atomic E-state index is 0.0453. The zero-order chi connectivity index (χ0) is 29.1. The molecule has 40 heavy (non-hydrogen) atoms. The average Bonchev–Trinajstić information content (AvgIpc) is 2.94. The van der Waals surface area contributed by atoms with Crippen molar-refractivity contribution in [2.45, 2.75) is 44.3 Å². The van der Waals surface area contributed by atoms with E-state index in [1.54, 1.807) is 4.90 Å². The molecule has 0 aliphatic carbocycles. The molecule has 0 aromatic heterocycles. The zero-order valence-electron chi connectivity index (χ0n) is 22.6. The Balaban J connectivity index is 2.05. The second kappa shape index (κ2) is 14.3. The molecule has 0 saturated carbocycles. The molecule has 0 fully saturated rings. The molecule has 0 unspecified atom stereocenters. The Morgan fingerprint density at radius 2 is 1.35 bits per heavy atom. The van der Waals surface area contributed by atoms with Gasteiger partial charge in [-0.25, -0.2) is 4.79 Å². The Morgan fingerprint density at radius 3 is 1.82 bits per heavy atom. The summed E-state index contributed by atoms with van der Waals surface area (Å²) in [4.78, 5) is 44.2. The largest absolute Gasteiger partial charge is 0.370 e. The van der Waals surface area contributed by atoms with Gasteiger partial charge in [0, 0.05) is 13.1 Å². The van der Waals surface area contributed by atoms with Crippen LogP contribution < -0.4 is 28.3 Å². The summed E-state index contributed by atoms with van der Waals surface area (Å²) in [6.45, 7) is 2.43. The summed E-state index contributed by atoms with van der Waals surface area (Å²) in [5.74, 6) is -1.58. The first-order valence-electron chi connectivity index (χ1n) is 13.1. The third-order valence-electron chi connectivity index (χ3n) is 6.71. The van der Waals surface area contributed by atoms with Crippen LogP contribution >= 0.6 is 0 Å². The fraction of sp³-hybridized carbons (Fsp3) is 0.267. The number of hydrogen-bond acceptors (Lipinski definition) is 4. The lowest BCUT2D eigenvalue weighted by Gasteiger charge is -2.38. The highest BCUT2D eigenvalue weighted by Crippen LogP contribution is 2.33. The van der Waals surface area contributed by atoms with E-state index in [0.29, 0.717) is 13.0 Å². The molecule has 0 spiro atoms. The molecule has 10 heteroatoms. The van der Waals surface area contributed by atoms with Crippen molar-refractivity contribution in [1.29, 1.82) is 0 Å². The van der Waals surface area contributed by atoms with Crippen molar-refractivity contribution in [2.75, 3.05) is 6.54 Å². The molecule has 3 aromatic rings. The van der Waals surface area contributed by atoms with E-state index in [0.717, 1.165) is 22.3 Å². The second-order valence-corrected chi connectivity index (χ2v) is 9.50. The van der Waals surface area contributed by atoms with E-state index in [9.17, 15) is 14.4 Å². The number of carbonyl (C=O) groups excluding carboxylic acids is 3. The minimum atomic E-state index is -0.914. The third kappa shape index (κ3) is 8.07. The number of nitrogens with one attached hydrogen (secondary N) is 1. The van der Waals surface area contributed by atoms with Crippen LogP contribution in [-0.2, 0) is 16.1 Å². The van der Waals surface area contributed by atoms with Crippen molar-refractivity contribution in [1.82, 2.24) is 10.2 Å². The first-order valence-corrected chi connectivity index (χ1v) is 13.1. The van der Waals surface area contributed by atoms with Crippen LogP contribution in [0.2, 0.25) is 0 Å². The van der Waals surface area contributed by atoms with Gasteiger partial charge in [-0.2, -0.15) is 0 Å². The summed E-state index contributed by atoms with van der Waals surface area (Å²) in [6, 6.07) is 24.3. The number of hydrogen-bond donors (Lipinski definition) is 5. The third-order valence-corrected chi connectivity index (χ3v) is 6.71. The summed E-state index contributed by atoms with van der Waals surface area (Å²) in [6.07, 6.45) is 0.722. The van der Waals surface area contributed by atoms with E-state index in [1.165, 1.54) is 0 Å². The molecule has 210 valence electrons. The SMILES string of the molecule is C[C@H](c1ccc(CNC(N)=O)cc1)N(C(=O)C(c1ccccc1)c1ccccc1)[C@H](CCCN=C(N)N)C(N)=O. The molecule has 3 rings (SSSR count). The normalized spacial score (nSPS) is 12.2. The van der Waals surface area contributed by atoms with E-state index < -0.39 is 29.9 Å². The van der Waals surface area contributed by atoms with Gasteiger partial charge < -0.3 is 33.2 Å². The smallest absolute Gasteiger partial charge is 0.312 e. The summed E-state index contributed by atoms with van der Waals surface area (Å²) in [5.41, 5.74) is 25.3. The number of carbonyl (C=O) groups is 3. The molecule has 0 radical (unpaired) electrons. The van der Waals surface area contributed by atoms with Crippen LogP contribution in [0.5, 0.6) is 0 Å². The topological polar surface area (TPSA) is 183 Å². The Morgan fingerprint density at radius 1 is 0.800 bits per heavy atom. The zero-order valence-corrected chi connectivity index (χ0v) is 22.6. The highest BCUT2D eigenvalue weighted by atomic mass is 16.2.